The van der Waals surface area contributed by atoms with E-state index in [1.165, 1.54) is 36.3 Å². The Bertz CT molecular complexity index is 978. The molecule has 2 heterocycles. The lowest BCUT2D eigenvalue weighted by molar-refractivity contribution is 0.0966. The zero-order chi connectivity index (χ0) is 20.3. The predicted molar refractivity (Wildman–Crippen MR) is 110 cm³/mol. The molecule has 0 saturated heterocycles. The molecule has 1 aromatic carbocycles. The molecule has 0 atom stereocenters. The third kappa shape index (κ3) is 4.48. The number of halogens is 1. The molecular formula is C21H22FN3O2S. The summed E-state index contributed by atoms with van der Waals surface area (Å²) in [6.07, 6.45) is 1.37. The monoisotopic (exact) mass is 399 g/mol. The molecule has 2 N–H and O–H groups in total. The van der Waals surface area contributed by atoms with Crippen LogP contribution in [0.1, 0.15) is 36.0 Å². The normalized spacial score (nSPS) is 11.2. The molecule has 0 bridgehead atoms. The molecule has 28 heavy (non-hydrogen) atoms. The molecule has 0 fully saturated rings. The van der Waals surface area contributed by atoms with Crippen LogP contribution in [-0.4, -0.2) is 18.0 Å². The Morgan fingerprint density at radius 3 is 2.46 bits per heavy atom. The Morgan fingerprint density at radius 1 is 1.14 bits per heavy atom. The van der Waals surface area contributed by atoms with Crippen molar-refractivity contribution in [2.24, 2.45) is 0 Å². The SMILES string of the molecule is COc1ncc(NNC(=O)c2ccc(-c3ccc(C(C)(C)C)cc3)s2)cc1F. The lowest BCUT2D eigenvalue weighted by Crippen LogP contribution is -2.28. The minimum absolute atomic E-state index is 0.0977. The van der Waals surface area contributed by atoms with Crippen molar-refractivity contribution in [1.82, 2.24) is 10.4 Å². The van der Waals surface area contributed by atoms with E-state index >= 15 is 0 Å². The fourth-order valence-electron chi connectivity index (χ4n) is 2.58. The summed E-state index contributed by atoms with van der Waals surface area (Å²) in [5.41, 5.74) is 7.94. The maximum absolute atomic E-state index is 13.7. The smallest absolute Gasteiger partial charge is 0.279 e. The lowest BCUT2D eigenvalue weighted by atomic mass is 9.86. The fraction of sp³-hybridized carbons (Fsp3) is 0.238. The maximum atomic E-state index is 13.7. The van der Waals surface area contributed by atoms with Crippen LogP contribution in [0.15, 0.2) is 48.7 Å². The highest BCUT2D eigenvalue weighted by Gasteiger charge is 2.14. The van der Waals surface area contributed by atoms with Gasteiger partial charge in [-0.05, 0) is 28.7 Å². The molecule has 2 aromatic heterocycles. The number of nitrogens with zero attached hydrogens (tertiary/aromatic N) is 1. The molecule has 0 aliphatic heterocycles. The van der Waals surface area contributed by atoms with Gasteiger partial charge in [-0.3, -0.25) is 15.6 Å². The van der Waals surface area contributed by atoms with Gasteiger partial charge >= 0.3 is 0 Å². The van der Waals surface area contributed by atoms with Crippen LogP contribution in [0.25, 0.3) is 10.4 Å². The third-order valence-electron chi connectivity index (χ3n) is 4.19. The first-order chi connectivity index (χ1) is 13.3. The van der Waals surface area contributed by atoms with Crippen molar-refractivity contribution in [3.63, 3.8) is 0 Å². The number of ether oxygens (including phenoxy) is 1. The van der Waals surface area contributed by atoms with Crippen LogP contribution < -0.4 is 15.6 Å². The van der Waals surface area contributed by atoms with Gasteiger partial charge in [-0.2, -0.15) is 0 Å². The minimum Gasteiger partial charge on any atom is -0.479 e. The van der Waals surface area contributed by atoms with Crippen LogP contribution in [0.2, 0.25) is 0 Å². The van der Waals surface area contributed by atoms with Gasteiger partial charge in [-0.1, -0.05) is 45.0 Å². The highest BCUT2D eigenvalue weighted by molar-refractivity contribution is 7.17. The molecule has 1 amide bonds. The van der Waals surface area contributed by atoms with E-state index in [4.69, 9.17) is 4.74 Å². The molecule has 0 saturated carbocycles. The van der Waals surface area contributed by atoms with E-state index in [1.54, 1.807) is 6.07 Å². The highest BCUT2D eigenvalue weighted by Crippen LogP contribution is 2.30. The van der Waals surface area contributed by atoms with E-state index in [9.17, 15) is 9.18 Å². The summed E-state index contributed by atoms with van der Waals surface area (Å²) >= 11 is 1.39. The Balaban J connectivity index is 1.66. The number of aromatic nitrogens is 1. The number of hydrogen-bond acceptors (Lipinski definition) is 5. The number of carbonyl (C=O) groups excluding carboxylic acids is 1. The third-order valence-corrected chi connectivity index (χ3v) is 5.32. The van der Waals surface area contributed by atoms with Gasteiger partial charge < -0.3 is 4.74 Å². The second-order valence-corrected chi connectivity index (χ2v) is 8.37. The molecule has 0 unspecified atom stereocenters. The van der Waals surface area contributed by atoms with Crippen LogP contribution >= 0.6 is 11.3 Å². The molecule has 146 valence electrons. The molecule has 7 heteroatoms. The molecule has 5 nitrogen and oxygen atoms in total. The Kier molecular flexibility index (Phi) is 5.65. The zero-order valence-corrected chi connectivity index (χ0v) is 17.0. The van der Waals surface area contributed by atoms with E-state index in [2.05, 4.69) is 60.9 Å². The van der Waals surface area contributed by atoms with Crippen molar-refractivity contribution in [1.29, 1.82) is 0 Å². The number of hydrogen-bond donors (Lipinski definition) is 2. The number of hydrazine groups is 1. The Labute approximate surface area is 167 Å². The second kappa shape index (κ2) is 7.98. The summed E-state index contributed by atoms with van der Waals surface area (Å²) < 4.78 is 18.4. The van der Waals surface area contributed by atoms with E-state index in [0.717, 1.165) is 10.4 Å². The number of carbonyl (C=O) groups is 1. The van der Waals surface area contributed by atoms with Gasteiger partial charge in [0.2, 0.25) is 5.88 Å². The molecule has 3 rings (SSSR count). The number of rotatable bonds is 5. The molecule has 0 radical (unpaired) electrons. The van der Waals surface area contributed by atoms with Crippen molar-refractivity contribution in [2.45, 2.75) is 26.2 Å². The van der Waals surface area contributed by atoms with Crippen molar-refractivity contribution in [2.75, 3.05) is 12.5 Å². The summed E-state index contributed by atoms with van der Waals surface area (Å²) in [7, 11) is 1.34. The molecule has 3 aromatic rings. The zero-order valence-electron chi connectivity index (χ0n) is 16.2. The Hall–Kier alpha value is -2.93. The van der Waals surface area contributed by atoms with Crippen LogP contribution in [0.5, 0.6) is 5.88 Å². The average molecular weight is 399 g/mol. The van der Waals surface area contributed by atoms with Crippen LogP contribution in [0.4, 0.5) is 10.1 Å². The second-order valence-electron chi connectivity index (χ2n) is 7.29. The van der Waals surface area contributed by atoms with E-state index < -0.39 is 5.82 Å². The van der Waals surface area contributed by atoms with Crippen molar-refractivity contribution in [3.05, 3.63) is 64.9 Å². The molecule has 0 spiro atoms. The quantitative estimate of drug-likeness (QED) is 0.592. The predicted octanol–water partition coefficient (Wildman–Crippen LogP) is 5.01. The average Bonchev–Trinajstić information content (AvgIpc) is 3.16. The van der Waals surface area contributed by atoms with Gasteiger partial charge in [0, 0.05) is 10.9 Å². The van der Waals surface area contributed by atoms with Gasteiger partial charge in [0.1, 0.15) is 0 Å². The van der Waals surface area contributed by atoms with E-state index in [1.807, 2.05) is 6.07 Å². The van der Waals surface area contributed by atoms with Gasteiger partial charge in [-0.25, -0.2) is 9.37 Å². The number of methoxy groups -OCH3 is 1. The first-order valence-corrected chi connectivity index (χ1v) is 9.56. The van der Waals surface area contributed by atoms with Crippen molar-refractivity contribution in [3.8, 4) is 16.3 Å². The number of benzene rings is 1. The fourth-order valence-corrected chi connectivity index (χ4v) is 3.49. The highest BCUT2D eigenvalue weighted by atomic mass is 32.1. The topological polar surface area (TPSA) is 63.2 Å². The van der Waals surface area contributed by atoms with Gasteiger partial charge in [0.05, 0.1) is 23.9 Å². The van der Waals surface area contributed by atoms with Crippen LogP contribution in [0, 0.1) is 5.82 Å². The molecule has 0 aliphatic carbocycles. The van der Waals surface area contributed by atoms with Crippen LogP contribution in [0.3, 0.4) is 0 Å². The van der Waals surface area contributed by atoms with Gasteiger partial charge in [0.15, 0.2) is 5.82 Å². The van der Waals surface area contributed by atoms with Crippen molar-refractivity contribution < 1.29 is 13.9 Å². The first kappa shape index (κ1) is 19.8. The number of thiophene rings is 1. The van der Waals surface area contributed by atoms with Crippen molar-refractivity contribution >= 4 is 22.9 Å². The first-order valence-electron chi connectivity index (χ1n) is 8.74. The molecular weight excluding hydrogens is 377 g/mol. The van der Waals surface area contributed by atoms with E-state index in [0.29, 0.717) is 10.6 Å². The van der Waals surface area contributed by atoms with Crippen LogP contribution in [-0.2, 0) is 5.41 Å². The summed E-state index contributed by atoms with van der Waals surface area (Å²) in [5.74, 6) is -1.02. The molecule has 0 aliphatic rings. The van der Waals surface area contributed by atoms with Gasteiger partial charge in [0.25, 0.3) is 5.91 Å². The largest absolute Gasteiger partial charge is 0.479 e. The minimum atomic E-state index is -0.612. The summed E-state index contributed by atoms with van der Waals surface area (Å²) in [5, 5.41) is 0. The Morgan fingerprint density at radius 2 is 1.86 bits per heavy atom. The van der Waals surface area contributed by atoms with E-state index in [-0.39, 0.29) is 17.2 Å². The number of anilines is 1. The number of amides is 1. The maximum Gasteiger partial charge on any atom is 0.279 e. The summed E-state index contributed by atoms with van der Waals surface area (Å²) in [6.45, 7) is 6.52. The number of pyridine rings is 1. The standard InChI is InChI=1S/C21H22FN3O2S/c1-21(2,3)14-7-5-13(6-8-14)17-9-10-18(28-17)19(26)25-24-15-11-16(22)20(27-4)23-12-15/h5-12,24H,1-4H3,(H,25,26). The summed E-state index contributed by atoms with van der Waals surface area (Å²) in [4.78, 5) is 17.7. The summed E-state index contributed by atoms with van der Waals surface area (Å²) in [6, 6.07) is 13.2. The van der Waals surface area contributed by atoms with Gasteiger partial charge in [-0.15, -0.1) is 11.3 Å². The lowest BCUT2D eigenvalue weighted by Gasteiger charge is -2.18. The number of nitrogens with one attached hydrogen (secondary N) is 2.